The molecule has 5 heteroatoms. The molecule has 0 saturated carbocycles. The molecule has 67 heavy (non-hydrogen) atoms. The van der Waals surface area contributed by atoms with E-state index >= 15 is 0 Å². The maximum atomic E-state index is 5.22. The van der Waals surface area contributed by atoms with Crippen molar-refractivity contribution in [2.24, 2.45) is 0 Å². The standard InChI is InChI=1S/C62H45N5/c1-38-21-29-58-50(33-38)51-34-39(2)22-30-59(51)67(58)45-28-32-61-53(36-45)52-35-44(66-56-19-11-9-17-48(56)49-18-10-12-20-57(49)66)27-31-60(52)65(61)43-25-23-42(24-26-43)54-37-55(46-15-7-5-13-40(46)3)64-62(63-54)47-16-8-6-14-41(47)4/h5-37H,1-4H3. The van der Waals surface area contributed by atoms with Crippen molar-refractivity contribution in [3.63, 3.8) is 0 Å². The maximum Gasteiger partial charge on any atom is 0.160 e. The fourth-order valence-corrected chi connectivity index (χ4v) is 10.6. The minimum atomic E-state index is 0.726. The summed E-state index contributed by atoms with van der Waals surface area (Å²) in [7, 11) is 0. The van der Waals surface area contributed by atoms with Gasteiger partial charge in [-0.3, -0.25) is 0 Å². The first-order chi connectivity index (χ1) is 32.9. The van der Waals surface area contributed by atoms with Crippen molar-refractivity contribution in [2.75, 3.05) is 0 Å². The van der Waals surface area contributed by atoms with Gasteiger partial charge in [0.05, 0.1) is 44.5 Å². The highest BCUT2D eigenvalue weighted by molar-refractivity contribution is 6.14. The molecule has 0 bridgehead atoms. The molecule has 0 aliphatic carbocycles. The predicted octanol–water partition coefficient (Wildman–Crippen LogP) is 16.0. The van der Waals surface area contributed by atoms with Gasteiger partial charge in [-0.05, 0) is 130 Å². The Morgan fingerprint density at radius 1 is 0.299 bits per heavy atom. The van der Waals surface area contributed by atoms with Gasteiger partial charge in [0.1, 0.15) is 0 Å². The van der Waals surface area contributed by atoms with Crippen LogP contribution in [0.4, 0.5) is 0 Å². The molecule has 0 fully saturated rings. The second kappa shape index (κ2) is 15.0. The first-order valence-electron chi connectivity index (χ1n) is 23.1. The van der Waals surface area contributed by atoms with Gasteiger partial charge in [0, 0.05) is 66.1 Å². The van der Waals surface area contributed by atoms with Crippen molar-refractivity contribution >= 4 is 65.4 Å². The first kappa shape index (κ1) is 38.9. The molecule has 5 nitrogen and oxygen atoms in total. The summed E-state index contributed by atoms with van der Waals surface area (Å²) >= 11 is 0. The van der Waals surface area contributed by atoms with Gasteiger partial charge in [-0.2, -0.15) is 0 Å². The Morgan fingerprint density at radius 2 is 0.701 bits per heavy atom. The van der Waals surface area contributed by atoms with Crippen molar-refractivity contribution in [1.29, 1.82) is 0 Å². The summed E-state index contributed by atoms with van der Waals surface area (Å²) in [5, 5.41) is 7.43. The number of hydrogen-bond acceptors (Lipinski definition) is 2. The fraction of sp³-hybridized carbons (Fsp3) is 0.0645. The highest BCUT2D eigenvalue weighted by atomic mass is 15.0. The van der Waals surface area contributed by atoms with Crippen molar-refractivity contribution in [2.45, 2.75) is 27.7 Å². The average molecular weight is 860 g/mol. The van der Waals surface area contributed by atoms with E-state index in [1.807, 2.05) is 0 Å². The number of fused-ring (bicyclic) bond motifs is 9. The van der Waals surface area contributed by atoms with Crippen LogP contribution in [0.25, 0.3) is 116 Å². The summed E-state index contributed by atoms with van der Waals surface area (Å²) < 4.78 is 7.28. The predicted molar refractivity (Wildman–Crippen MR) is 280 cm³/mol. The van der Waals surface area contributed by atoms with Crippen LogP contribution in [0.15, 0.2) is 200 Å². The van der Waals surface area contributed by atoms with Crippen LogP contribution in [0, 0.1) is 27.7 Å². The molecular formula is C62H45N5. The minimum Gasteiger partial charge on any atom is -0.309 e. The van der Waals surface area contributed by atoms with E-state index in [1.165, 1.54) is 71.1 Å². The molecule has 0 unspecified atom stereocenters. The lowest BCUT2D eigenvalue weighted by Gasteiger charge is -2.13. The van der Waals surface area contributed by atoms with Crippen molar-refractivity contribution in [1.82, 2.24) is 23.7 Å². The van der Waals surface area contributed by atoms with Crippen LogP contribution in [0.2, 0.25) is 0 Å². The van der Waals surface area contributed by atoms with Gasteiger partial charge in [0.15, 0.2) is 5.82 Å². The van der Waals surface area contributed by atoms with E-state index in [1.54, 1.807) is 0 Å². The maximum absolute atomic E-state index is 5.22. The van der Waals surface area contributed by atoms with E-state index in [4.69, 9.17) is 9.97 Å². The van der Waals surface area contributed by atoms with E-state index in [0.29, 0.717) is 0 Å². The quantitative estimate of drug-likeness (QED) is 0.167. The van der Waals surface area contributed by atoms with Gasteiger partial charge >= 0.3 is 0 Å². The summed E-state index contributed by atoms with van der Waals surface area (Å²) in [4.78, 5) is 10.4. The Bertz CT molecular complexity index is 3970. The van der Waals surface area contributed by atoms with Crippen LogP contribution in [0.5, 0.6) is 0 Å². The monoisotopic (exact) mass is 859 g/mol. The summed E-state index contributed by atoms with van der Waals surface area (Å²) in [5.41, 5.74) is 20.2. The summed E-state index contributed by atoms with van der Waals surface area (Å²) in [6, 6.07) is 73.0. The van der Waals surface area contributed by atoms with Crippen LogP contribution in [-0.4, -0.2) is 23.7 Å². The molecule has 0 aliphatic heterocycles. The zero-order chi connectivity index (χ0) is 44.9. The third-order valence-corrected chi connectivity index (χ3v) is 13.9. The topological polar surface area (TPSA) is 40.6 Å². The lowest BCUT2D eigenvalue weighted by atomic mass is 10.0. The zero-order valence-electron chi connectivity index (χ0n) is 37.8. The van der Waals surface area contributed by atoms with Gasteiger partial charge in [0.2, 0.25) is 0 Å². The highest BCUT2D eigenvalue weighted by Gasteiger charge is 2.20. The molecule has 13 rings (SSSR count). The third kappa shape index (κ3) is 6.15. The smallest absolute Gasteiger partial charge is 0.160 e. The van der Waals surface area contributed by atoms with E-state index in [-0.39, 0.29) is 0 Å². The second-order valence-corrected chi connectivity index (χ2v) is 18.1. The fourth-order valence-electron chi connectivity index (χ4n) is 10.6. The Hall–Kier alpha value is -8.54. The molecule has 0 atom stereocenters. The Balaban J connectivity index is 1.02. The Kier molecular flexibility index (Phi) is 8.71. The molecule has 9 aromatic carbocycles. The van der Waals surface area contributed by atoms with Gasteiger partial charge in [0.25, 0.3) is 0 Å². The van der Waals surface area contributed by atoms with Crippen LogP contribution in [-0.2, 0) is 0 Å². The van der Waals surface area contributed by atoms with Crippen LogP contribution in [0.1, 0.15) is 22.3 Å². The molecule has 0 N–H and O–H groups in total. The number of aryl methyl sites for hydroxylation is 4. The van der Waals surface area contributed by atoms with E-state index < -0.39 is 0 Å². The average Bonchev–Trinajstić information content (AvgIpc) is 3.98. The van der Waals surface area contributed by atoms with Crippen molar-refractivity contribution in [3.8, 4) is 51.0 Å². The number of benzene rings is 9. The number of rotatable bonds is 6. The molecule has 0 radical (unpaired) electrons. The van der Waals surface area contributed by atoms with Crippen molar-refractivity contribution in [3.05, 3.63) is 222 Å². The number of nitrogens with zero attached hydrogens (tertiary/aromatic N) is 5. The molecule has 0 amide bonds. The lowest BCUT2D eigenvalue weighted by molar-refractivity contribution is 1.15. The summed E-state index contributed by atoms with van der Waals surface area (Å²) in [6.07, 6.45) is 0. The zero-order valence-corrected chi connectivity index (χ0v) is 37.8. The van der Waals surface area contributed by atoms with Gasteiger partial charge in [-0.25, -0.2) is 9.97 Å². The van der Waals surface area contributed by atoms with Crippen molar-refractivity contribution < 1.29 is 0 Å². The molecule has 0 spiro atoms. The molecule has 4 aromatic heterocycles. The largest absolute Gasteiger partial charge is 0.309 e. The SMILES string of the molecule is Cc1ccc2c(c1)c1cc(C)ccc1n2-c1ccc2c(c1)c1cc(-n3c4ccccc4c4ccccc43)ccc1n2-c1ccc(-c2cc(-c3ccccc3C)nc(-c3ccccc3C)n2)cc1. The van der Waals surface area contributed by atoms with Crippen LogP contribution < -0.4 is 0 Å². The molecule has 0 saturated heterocycles. The number of aromatic nitrogens is 5. The van der Waals surface area contributed by atoms with Crippen LogP contribution in [0.3, 0.4) is 0 Å². The second-order valence-electron chi connectivity index (χ2n) is 18.1. The number of hydrogen-bond donors (Lipinski definition) is 0. The van der Waals surface area contributed by atoms with E-state index in [2.05, 4.69) is 242 Å². The summed E-state index contributed by atoms with van der Waals surface area (Å²) in [6.45, 7) is 8.63. The Labute approximate surface area is 388 Å². The van der Waals surface area contributed by atoms with E-state index in [9.17, 15) is 0 Å². The molecule has 0 aliphatic rings. The van der Waals surface area contributed by atoms with Crippen LogP contribution >= 0.6 is 0 Å². The molecule has 13 aromatic rings. The van der Waals surface area contributed by atoms with Gasteiger partial charge < -0.3 is 13.7 Å². The molecular weight excluding hydrogens is 815 g/mol. The van der Waals surface area contributed by atoms with Gasteiger partial charge in [-0.1, -0.05) is 120 Å². The third-order valence-electron chi connectivity index (χ3n) is 13.9. The van der Waals surface area contributed by atoms with Gasteiger partial charge in [-0.15, -0.1) is 0 Å². The summed E-state index contributed by atoms with van der Waals surface area (Å²) in [5.74, 6) is 0.726. The first-order valence-corrected chi connectivity index (χ1v) is 23.1. The van der Waals surface area contributed by atoms with E-state index in [0.717, 1.165) is 67.6 Å². The minimum absolute atomic E-state index is 0.726. The number of para-hydroxylation sites is 2. The Morgan fingerprint density at radius 3 is 1.24 bits per heavy atom. The molecule has 4 heterocycles. The lowest BCUT2D eigenvalue weighted by Crippen LogP contribution is -1.99. The highest BCUT2D eigenvalue weighted by Crippen LogP contribution is 2.40. The molecule has 318 valence electrons. The normalized spacial score (nSPS) is 11.9.